The number of aryl methyl sites for hydroxylation is 1. The Kier molecular flexibility index (Phi) is 5.22. The summed E-state index contributed by atoms with van der Waals surface area (Å²) in [5.74, 6) is 0.330. The highest BCUT2D eigenvalue weighted by Gasteiger charge is 2.26. The molecule has 0 unspecified atom stereocenters. The van der Waals surface area contributed by atoms with Crippen LogP contribution in [0.15, 0.2) is 70.9 Å². The number of ether oxygens (including phenoxy) is 1. The van der Waals surface area contributed by atoms with Gasteiger partial charge in [-0.05, 0) is 41.6 Å². The molecule has 4 nitrogen and oxygen atoms in total. The Labute approximate surface area is 152 Å². The highest BCUT2D eigenvalue weighted by molar-refractivity contribution is 7.89. The van der Waals surface area contributed by atoms with Crippen molar-refractivity contribution in [1.29, 1.82) is 0 Å². The maximum Gasteiger partial charge on any atom is 0.245 e. The molecule has 0 spiro atoms. The van der Waals surface area contributed by atoms with E-state index in [-0.39, 0.29) is 4.90 Å². The average Bonchev–Trinajstić information content (AvgIpc) is 3.15. The first kappa shape index (κ1) is 17.7. The van der Waals surface area contributed by atoms with Crippen LogP contribution in [0.25, 0.3) is 0 Å². The molecular formula is C19H19NO3S2. The number of hydrogen-bond donors (Lipinski definition) is 1. The molecule has 1 atom stereocenters. The van der Waals surface area contributed by atoms with Gasteiger partial charge >= 0.3 is 0 Å². The van der Waals surface area contributed by atoms with Crippen LogP contribution in [0, 0.1) is 6.92 Å². The number of methoxy groups -OCH3 is 1. The van der Waals surface area contributed by atoms with Crippen LogP contribution in [0.3, 0.4) is 0 Å². The van der Waals surface area contributed by atoms with E-state index in [0.29, 0.717) is 5.75 Å². The van der Waals surface area contributed by atoms with E-state index in [4.69, 9.17) is 4.74 Å². The number of benzene rings is 2. The summed E-state index contributed by atoms with van der Waals surface area (Å²) in [4.78, 5) is 1.08. The molecule has 0 bridgehead atoms. The summed E-state index contributed by atoms with van der Waals surface area (Å²) in [6.45, 7) is 1.85. The lowest BCUT2D eigenvalue weighted by atomic mass is 10.1. The van der Waals surface area contributed by atoms with Gasteiger partial charge < -0.3 is 4.74 Å². The van der Waals surface area contributed by atoms with Gasteiger partial charge in [0.25, 0.3) is 0 Å². The second kappa shape index (κ2) is 7.39. The van der Waals surface area contributed by atoms with Crippen molar-refractivity contribution in [3.63, 3.8) is 0 Å². The van der Waals surface area contributed by atoms with Crippen molar-refractivity contribution in [2.45, 2.75) is 17.9 Å². The molecule has 0 fully saturated rings. The Morgan fingerprint density at radius 1 is 1.04 bits per heavy atom. The number of hydrogen-bond acceptors (Lipinski definition) is 4. The van der Waals surface area contributed by atoms with Gasteiger partial charge in [-0.15, -0.1) is 11.3 Å². The van der Waals surface area contributed by atoms with Gasteiger partial charge in [0.2, 0.25) is 10.0 Å². The third-order valence-corrected chi connectivity index (χ3v) is 6.22. The third kappa shape index (κ3) is 3.92. The Balaban J connectivity index is 2.04. The molecule has 0 aliphatic heterocycles. The predicted molar refractivity (Wildman–Crippen MR) is 101 cm³/mol. The van der Waals surface area contributed by atoms with Crippen molar-refractivity contribution < 1.29 is 13.2 Å². The van der Waals surface area contributed by atoms with Crippen LogP contribution < -0.4 is 9.46 Å². The van der Waals surface area contributed by atoms with Crippen molar-refractivity contribution >= 4 is 21.4 Å². The maximum atomic E-state index is 13.1. The lowest BCUT2D eigenvalue weighted by molar-refractivity contribution is 0.402. The first-order chi connectivity index (χ1) is 12.0. The molecule has 1 aromatic heterocycles. The molecule has 25 heavy (non-hydrogen) atoms. The topological polar surface area (TPSA) is 55.4 Å². The molecule has 0 aliphatic rings. The number of sulfonamides is 1. The van der Waals surface area contributed by atoms with E-state index in [0.717, 1.165) is 16.0 Å². The van der Waals surface area contributed by atoms with Gasteiger partial charge in [-0.2, -0.15) is 4.72 Å². The van der Waals surface area contributed by atoms with E-state index in [9.17, 15) is 8.42 Å². The van der Waals surface area contributed by atoms with Crippen LogP contribution in [0.5, 0.6) is 5.75 Å². The minimum absolute atomic E-state index is 0.146. The lowest BCUT2D eigenvalue weighted by Gasteiger charge is -2.19. The summed E-state index contributed by atoms with van der Waals surface area (Å²) in [6, 6.07) is 18.1. The van der Waals surface area contributed by atoms with E-state index in [2.05, 4.69) is 4.72 Å². The fraction of sp³-hybridized carbons (Fsp3) is 0.158. The molecule has 0 saturated carbocycles. The zero-order valence-corrected chi connectivity index (χ0v) is 15.6. The number of nitrogens with one attached hydrogen (secondary N) is 1. The molecule has 0 saturated heterocycles. The lowest BCUT2D eigenvalue weighted by Crippen LogP contribution is -2.29. The molecule has 0 amide bonds. The standard InChI is InChI=1S/C19H19NO3S2/c1-14-10-11-16(23-2)18(13-14)25(21,22)20-19(17-9-6-12-24-17)15-7-4-3-5-8-15/h3-13,19-20H,1-2H3/t19-/m1/s1. The summed E-state index contributed by atoms with van der Waals surface area (Å²) >= 11 is 1.52. The molecule has 3 aromatic rings. The molecule has 1 heterocycles. The quantitative estimate of drug-likeness (QED) is 0.707. The minimum Gasteiger partial charge on any atom is -0.495 e. The average molecular weight is 373 g/mol. The molecule has 0 aliphatic carbocycles. The molecule has 6 heteroatoms. The smallest absolute Gasteiger partial charge is 0.245 e. The number of thiophene rings is 1. The summed E-state index contributed by atoms with van der Waals surface area (Å²) < 4.78 is 34.2. The van der Waals surface area contributed by atoms with E-state index in [1.165, 1.54) is 18.4 Å². The minimum atomic E-state index is -3.77. The predicted octanol–water partition coefficient (Wildman–Crippen LogP) is 4.13. The fourth-order valence-electron chi connectivity index (χ4n) is 2.60. The van der Waals surface area contributed by atoms with Crippen molar-refractivity contribution in [2.75, 3.05) is 7.11 Å². The van der Waals surface area contributed by atoms with Crippen LogP contribution >= 0.6 is 11.3 Å². The number of rotatable bonds is 6. The summed E-state index contributed by atoms with van der Waals surface area (Å²) in [6.07, 6.45) is 0. The maximum absolute atomic E-state index is 13.1. The van der Waals surface area contributed by atoms with Crippen LogP contribution in [-0.4, -0.2) is 15.5 Å². The van der Waals surface area contributed by atoms with E-state index >= 15 is 0 Å². The van der Waals surface area contributed by atoms with Gasteiger partial charge in [0.15, 0.2) is 0 Å². The van der Waals surface area contributed by atoms with Gasteiger partial charge in [0, 0.05) is 4.88 Å². The van der Waals surface area contributed by atoms with Crippen molar-refractivity contribution in [1.82, 2.24) is 4.72 Å². The van der Waals surface area contributed by atoms with Gasteiger partial charge in [-0.1, -0.05) is 42.5 Å². The van der Waals surface area contributed by atoms with Crippen LogP contribution in [0.1, 0.15) is 22.0 Å². The first-order valence-corrected chi connectivity index (χ1v) is 10.1. The second-order valence-electron chi connectivity index (χ2n) is 5.63. The van der Waals surface area contributed by atoms with Crippen LogP contribution in [0.4, 0.5) is 0 Å². The molecule has 2 aromatic carbocycles. The van der Waals surface area contributed by atoms with Gasteiger partial charge in [-0.3, -0.25) is 0 Å². The van der Waals surface area contributed by atoms with E-state index < -0.39 is 16.1 Å². The molecule has 3 rings (SSSR count). The van der Waals surface area contributed by atoms with Crippen LogP contribution in [-0.2, 0) is 10.0 Å². The zero-order chi connectivity index (χ0) is 17.9. The van der Waals surface area contributed by atoms with Gasteiger partial charge in [0.1, 0.15) is 10.6 Å². The van der Waals surface area contributed by atoms with Crippen molar-refractivity contribution in [2.24, 2.45) is 0 Å². The Bertz CT molecular complexity index is 936. The summed E-state index contributed by atoms with van der Waals surface area (Å²) in [5, 5.41) is 1.94. The highest BCUT2D eigenvalue weighted by atomic mass is 32.2. The van der Waals surface area contributed by atoms with Crippen LogP contribution in [0.2, 0.25) is 0 Å². The highest BCUT2D eigenvalue weighted by Crippen LogP contribution is 2.30. The molecule has 1 N–H and O–H groups in total. The van der Waals surface area contributed by atoms with Crippen molar-refractivity contribution in [3.05, 3.63) is 82.0 Å². The van der Waals surface area contributed by atoms with Crippen molar-refractivity contribution in [3.8, 4) is 5.75 Å². The first-order valence-electron chi connectivity index (χ1n) is 7.76. The normalized spacial score (nSPS) is 12.7. The summed E-state index contributed by atoms with van der Waals surface area (Å²) in [5.41, 5.74) is 1.74. The van der Waals surface area contributed by atoms with Gasteiger partial charge in [0.05, 0.1) is 13.2 Å². The fourth-order valence-corrected chi connectivity index (χ4v) is 4.94. The summed E-state index contributed by atoms with van der Waals surface area (Å²) in [7, 11) is -2.30. The third-order valence-electron chi connectivity index (χ3n) is 3.84. The SMILES string of the molecule is COc1ccc(C)cc1S(=O)(=O)N[C@H](c1ccccc1)c1cccs1. The second-order valence-corrected chi connectivity index (χ2v) is 8.30. The van der Waals surface area contributed by atoms with Gasteiger partial charge in [-0.25, -0.2) is 8.42 Å². The molecular weight excluding hydrogens is 354 g/mol. The van der Waals surface area contributed by atoms with E-state index in [1.807, 2.05) is 60.8 Å². The zero-order valence-electron chi connectivity index (χ0n) is 14.0. The Hall–Kier alpha value is -2.15. The van der Waals surface area contributed by atoms with E-state index in [1.54, 1.807) is 12.1 Å². The Morgan fingerprint density at radius 3 is 2.44 bits per heavy atom. The Morgan fingerprint density at radius 2 is 1.80 bits per heavy atom. The molecule has 130 valence electrons. The largest absolute Gasteiger partial charge is 0.495 e. The monoisotopic (exact) mass is 373 g/mol. The molecule has 0 radical (unpaired) electrons.